The Bertz CT molecular complexity index is 395. The van der Waals surface area contributed by atoms with E-state index < -0.39 is 10.7 Å². The highest BCUT2D eigenvalue weighted by Gasteiger charge is 2.21. The molecule has 0 saturated carbocycles. The summed E-state index contributed by atoms with van der Waals surface area (Å²) in [5.74, 6) is -0.603. The van der Waals surface area contributed by atoms with Crippen LogP contribution in [-0.4, -0.2) is 12.0 Å². The maximum absolute atomic E-state index is 13.5. The lowest BCUT2D eigenvalue weighted by Gasteiger charge is -2.07. The maximum atomic E-state index is 13.5. The van der Waals surface area contributed by atoms with Gasteiger partial charge in [0.15, 0.2) is 5.82 Å². The summed E-state index contributed by atoms with van der Waals surface area (Å²) in [6, 6.07) is 1.28. The van der Waals surface area contributed by atoms with Gasteiger partial charge in [-0.05, 0) is 6.92 Å². The van der Waals surface area contributed by atoms with Gasteiger partial charge < -0.3 is 5.32 Å². The van der Waals surface area contributed by atoms with Crippen LogP contribution in [0.15, 0.2) is 10.5 Å². The van der Waals surface area contributed by atoms with Gasteiger partial charge in [-0.2, -0.15) is 0 Å². The van der Waals surface area contributed by atoms with E-state index in [-0.39, 0.29) is 11.4 Å². The van der Waals surface area contributed by atoms with Gasteiger partial charge in [-0.15, -0.1) is 0 Å². The van der Waals surface area contributed by atoms with Crippen LogP contribution in [0.1, 0.15) is 5.56 Å². The van der Waals surface area contributed by atoms with Crippen LogP contribution in [0.5, 0.6) is 0 Å². The van der Waals surface area contributed by atoms with Crippen molar-refractivity contribution in [3.63, 3.8) is 0 Å². The fourth-order valence-electron chi connectivity index (χ4n) is 1.09. The maximum Gasteiger partial charge on any atom is 0.296 e. The fourth-order valence-corrected chi connectivity index (χ4v) is 1.48. The van der Waals surface area contributed by atoms with E-state index in [1.54, 1.807) is 6.92 Å². The van der Waals surface area contributed by atoms with E-state index >= 15 is 0 Å². The molecule has 0 bridgehead atoms. The third-order valence-electron chi connectivity index (χ3n) is 1.87. The average molecular weight is 263 g/mol. The second-order valence-electron chi connectivity index (χ2n) is 2.70. The molecule has 0 aliphatic heterocycles. The van der Waals surface area contributed by atoms with Crippen LogP contribution in [0.2, 0.25) is 0 Å². The minimum atomic E-state index is -0.626. The van der Waals surface area contributed by atoms with E-state index in [0.29, 0.717) is 10.0 Å². The van der Waals surface area contributed by atoms with Crippen molar-refractivity contribution in [3.05, 3.63) is 32.0 Å². The standard InChI is InChI=1S/C8H8BrFN2O2/c1-4-5(9)3-6(12(13)14)8(11-2)7(4)10/h3,11H,1-2H3. The first-order chi connectivity index (χ1) is 6.49. The van der Waals surface area contributed by atoms with Gasteiger partial charge in [-0.1, -0.05) is 15.9 Å². The first-order valence-electron chi connectivity index (χ1n) is 3.79. The molecule has 1 aromatic carbocycles. The van der Waals surface area contributed by atoms with Crippen LogP contribution < -0.4 is 5.32 Å². The summed E-state index contributed by atoms with van der Waals surface area (Å²) >= 11 is 3.06. The number of nitro benzene ring substituents is 1. The highest BCUT2D eigenvalue weighted by molar-refractivity contribution is 9.10. The molecule has 0 amide bonds. The zero-order valence-electron chi connectivity index (χ0n) is 7.60. The lowest BCUT2D eigenvalue weighted by Crippen LogP contribution is -2.01. The summed E-state index contributed by atoms with van der Waals surface area (Å²) < 4.78 is 13.9. The normalized spacial score (nSPS) is 10.0. The Morgan fingerprint density at radius 2 is 2.21 bits per heavy atom. The summed E-state index contributed by atoms with van der Waals surface area (Å²) in [7, 11) is 1.44. The fraction of sp³-hybridized carbons (Fsp3) is 0.250. The van der Waals surface area contributed by atoms with Gasteiger partial charge in [0.25, 0.3) is 5.69 Å². The Morgan fingerprint density at radius 3 is 2.64 bits per heavy atom. The van der Waals surface area contributed by atoms with Crippen molar-refractivity contribution in [2.75, 3.05) is 12.4 Å². The highest BCUT2D eigenvalue weighted by Crippen LogP contribution is 2.34. The molecule has 0 unspecified atom stereocenters. The van der Waals surface area contributed by atoms with E-state index in [0.717, 1.165) is 0 Å². The molecule has 76 valence electrons. The predicted octanol–water partition coefficient (Wildman–Crippen LogP) is 2.85. The highest BCUT2D eigenvalue weighted by atomic mass is 79.9. The molecule has 1 N–H and O–H groups in total. The SMILES string of the molecule is CNc1c([N+](=O)[O-])cc(Br)c(C)c1F. The molecule has 0 atom stereocenters. The molecule has 0 aliphatic rings. The summed E-state index contributed by atoms with van der Waals surface area (Å²) in [4.78, 5) is 9.95. The average Bonchev–Trinajstić information content (AvgIpc) is 2.13. The first kappa shape index (κ1) is 10.9. The van der Waals surface area contributed by atoms with E-state index in [1.807, 2.05) is 0 Å². The monoisotopic (exact) mass is 262 g/mol. The number of hydrogen-bond acceptors (Lipinski definition) is 3. The van der Waals surface area contributed by atoms with E-state index in [1.165, 1.54) is 13.1 Å². The molecule has 0 aromatic heterocycles. The number of hydrogen-bond donors (Lipinski definition) is 1. The summed E-state index contributed by atoms with van der Waals surface area (Å²) in [5, 5.41) is 13.1. The van der Waals surface area contributed by atoms with Gasteiger partial charge in [0.05, 0.1) is 4.92 Å². The Balaban J connectivity index is 3.51. The van der Waals surface area contributed by atoms with E-state index in [9.17, 15) is 14.5 Å². The van der Waals surface area contributed by atoms with Crippen LogP contribution in [-0.2, 0) is 0 Å². The molecule has 14 heavy (non-hydrogen) atoms. The third-order valence-corrected chi connectivity index (χ3v) is 2.70. The van der Waals surface area contributed by atoms with Crippen molar-refractivity contribution in [2.45, 2.75) is 6.92 Å². The van der Waals surface area contributed by atoms with E-state index in [4.69, 9.17) is 0 Å². The van der Waals surface area contributed by atoms with Crippen molar-refractivity contribution < 1.29 is 9.31 Å². The topological polar surface area (TPSA) is 55.2 Å². The summed E-state index contributed by atoms with van der Waals surface area (Å²) in [5.41, 5.74) is -0.0156. The second kappa shape index (κ2) is 3.91. The molecule has 6 heteroatoms. The summed E-state index contributed by atoms with van der Waals surface area (Å²) in [6.45, 7) is 1.55. The van der Waals surface area contributed by atoms with Gasteiger partial charge in [-0.3, -0.25) is 10.1 Å². The van der Waals surface area contributed by atoms with Crippen molar-refractivity contribution in [1.29, 1.82) is 0 Å². The van der Waals surface area contributed by atoms with Crippen molar-refractivity contribution >= 4 is 27.3 Å². The molecule has 0 heterocycles. The number of nitrogens with zero attached hydrogens (tertiary/aromatic N) is 1. The predicted molar refractivity (Wildman–Crippen MR) is 55.0 cm³/mol. The van der Waals surface area contributed by atoms with Crippen LogP contribution in [0.4, 0.5) is 15.8 Å². The first-order valence-corrected chi connectivity index (χ1v) is 4.59. The molecule has 0 spiro atoms. The van der Waals surface area contributed by atoms with Crippen molar-refractivity contribution in [3.8, 4) is 0 Å². The number of anilines is 1. The molecule has 0 saturated heterocycles. The quantitative estimate of drug-likeness (QED) is 0.659. The smallest absolute Gasteiger partial charge is 0.296 e. The molecule has 0 aliphatic carbocycles. The number of nitro groups is 1. The van der Waals surface area contributed by atoms with Gasteiger partial charge in [0, 0.05) is 23.2 Å². The zero-order chi connectivity index (χ0) is 10.9. The van der Waals surface area contributed by atoms with Gasteiger partial charge in [0.2, 0.25) is 0 Å². The molecular formula is C8H8BrFN2O2. The largest absolute Gasteiger partial charge is 0.380 e. The lowest BCUT2D eigenvalue weighted by molar-refractivity contribution is -0.384. The summed E-state index contributed by atoms with van der Waals surface area (Å²) in [6.07, 6.45) is 0. The molecule has 1 rings (SSSR count). The molecule has 0 radical (unpaired) electrons. The van der Waals surface area contributed by atoms with Crippen molar-refractivity contribution in [1.82, 2.24) is 0 Å². The number of benzene rings is 1. The second-order valence-corrected chi connectivity index (χ2v) is 3.55. The molecule has 1 aromatic rings. The van der Waals surface area contributed by atoms with Crippen LogP contribution >= 0.6 is 15.9 Å². The lowest BCUT2D eigenvalue weighted by atomic mass is 10.2. The van der Waals surface area contributed by atoms with Gasteiger partial charge in [0.1, 0.15) is 5.69 Å². The van der Waals surface area contributed by atoms with Gasteiger partial charge >= 0.3 is 0 Å². The Morgan fingerprint density at radius 1 is 1.64 bits per heavy atom. The van der Waals surface area contributed by atoms with Crippen molar-refractivity contribution in [2.24, 2.45) is 0 Å². The van der Waals surface area contributed by atoms with Crippen LogP contribution in [0.3, 0.4) is 0 Å². The van der Waals surface area contributed by atoms with Crippen LogP contribution in [0, 0.1) is 22.9 Å². The van der Waals surface area contributed by atoms with E-state index in [2.05, 4.69) is 21.2 Å². The zero-order valence-corrected chi connectivity index (χ0v) is 9.18. The number of nitrogens with one attached hydrogen (secondary N) is 1. The van der Waals surface area contributed by atoms with Gasteiger partial charge in [-0.25, -0.2) is 4.39 Å². The Labute approximate surface area is 88.4 Å². The number of halogens is 2. The molecule has 0 fully saturated rings. The number of rotatable bonds is 2. The Kier molecular flexibility index (Phi) is 3.05. The Hall–Kier alpha value is -1.17. The minimum Gasteiger partial charge on any atom is -0.380 e. The third kappa shape index (κ3) is 1.70. The van der Waals surface area contributed by atoms with Crippen LogP contribution in [0.25, 0.3) is 0 Å². The molecular weight excluding hydrogens is 255 g/mol. The molecule has 4 nitrogen and oxygen atoms in total. The minimum absolute atomic E-state index is 0.0873.